The Balaban J connectivity index is 1.95. The van der Waals surface area contributed by atoms with Crippen LogP contribution in [-0.2, 0) is 19.2 Å². The Hall–Kier alpha value is -0.760. The van der Waals surface area contributed by atoms with E-state index in [1.165, 1.54) is 0 Å². The second kappa shape index (κ2) is 21.0. The number of thiol groups is 2. The molecule has 2 rings (SSSR count). The summed E-state index contributed by atoms with van der Waals surface area (Å²) in [6, 6.07) is -1.21. The van der Waals surface area contributed by atoms with Crippen molar-refractivity contribution < 1.29 is 24.3 Å². The highest BCUT2D eigenvalue weighted by Crippen LogP contribution is 2.53. The van der Waals surface area contributed by atoms with Crippen LogP contribution in [0, 0.1) is 5.92 Å². The molecule has 0 aromatic heterocycles. The van der Waals surface area contributed by atoms with E-state index in [9.17, 15) is 24.3 Å². The van der Waals surface area contributed by atoms with E-state index in [0.717, 1.165) is 62.9 Å². The van der Waals surface area contributed by atoms with Crippen molar-refractivity contribution in [3.63, 3.8) is 0 Å². The van der Waals surface area contributed by atoms with Crippen molar-refractivity contribution in [1.29, 1.82) is 0 Å². The van der Waals surface area contributed by atoms with Crippen LogP contribution in [0.3, 0.4) is 0 Å². The van der Waals surface area contributed by atoms with Gasteiger partial charge in [-0.25, -0.2) is 0 Å². The molecule has 1 heterocycles. The Labute approximate surface area is 264 Å². The molecule has 0 aromatic carbocycles. The first-order chi connectivity index (χ1) is 19.7. The van der Waals surface area contributed by atoms with Gasteiger partial charge in [0.2, 0.25) is 17.7 Å². The van der Waals surface area contributed by atoms with Crippen molar-refractivity contribution in [1.82, 2.24) is 16.0 Å². The van der Waals surface area contributed by atoms with Crippen LogP contribution >= 0.6 is 46.8 Å². The van der Waals surface area contributed by atoms with E-state index in [4.69, 9.17) is 5.73 Å². The van der Waals surface area contributed by atoms with E-state index in [2.05, 4.69) is 41.2 Å². The summed E-state index contributed by atoms with van der Waals surface area (Å²) >= 11 is 8.40. The van der Waals surface area contributed by atoms with Crippen molar-refractivity contribution in [2.24, 2.45) is 11.7 Å². The summed E-state index contributed by atoms with van der Waals surface area (Å²) in [6.07, 6.45) is 10.1. The van der Waals surface area contributed by atoms with E-state index >= 15 is 0 Å². The topological polar surface area (TPSA) is 151 Å². The number of aliphatic carboxylic acids is 1. The van der Waals surface area contributed by atoms with Crippen LogP contribution in [-0.4, -0.2) is 75.5 Å². The van der Waals surface area contributed by atoms with E-state index in [0.29, 0.717) is 55.6 Å². The summed E-state index contributed by atoms with van der Waals surface area (Å²) in [5, 5.41) is 19.3. The largest absolute Gasteiger partial charge is 0.481 e. The molecule has 6 atom stereocenters. The standard InChI is InChI=1S/C28H50N4O5S4/c29-20-17-22(19(16-27(35)36)15-23-24(18-20)41-40-23)32-28(37)21(31-26(34)11-4-2-8-14-39)9-5-6-12-30-25(33)10-3-1-7-13-38/h19-24,38-39H,1-18,29H2,(H,30,33)(H,31,34)(H,32,37)(H,35,36)/t19?,20?,21-,22?,23?,24?/m0/s1. The van der Waals surface area contributed by atoms with Gasteiger partial charge in [0.15, 0.2) is 0 Å². The Morgan fingerprint density at radius 3 is 2.07 bits per heavy atom. The Morgan fingerprint density at radius 2 is 1.46 bits per heavy atom. The third-order valence-electron chi connectivity index (χ3n) is 7.70. The summed E-state index contributed by atoms with van der Waals surface area (Å²) in [6.45, 7) is 0.522. The van der Waals surface area contributed by atoms with Gasteiger partial charge in [0.1, 0.15) is 6.04 Å². The molecule has 9 nitrogen and oxygen atoms in total. The van der Waals surface area contributed by atoms with Gasteiger partial charge in [-0.05, 0) is 81.6 Å². The molecule has 5 unspecified atom stereocenters. The third-order valence-corrected chi connectivity index (χ3v) is 12.0. The average molecular weight is 651 g/mol. The number of carboxylic acids is 1. The van der Waals surface area contributed by atoms with Gasteiger partial charge in [-0.2, -0.15) is 25.3 Å². The molecule has 0 aromatic rings. The molecule has 0 bridgehead atoms. The normalized spacial score (nSPS) is 24.6. The molecule has 2 aliphatic rings. The number of amides is 3. The third kappa shape index (κ3) is 15.0. The summed E-state index contributed by atoms with van der Waals surface area (Å²) in [4.78, 5) is 50.0. The van der Waals surface area contributed by atoms with Crippen LogP contribution in [0.2, 0.25) is 0 Å². The van der Waals surface area contributed by atoms with Gasteiger partial charge in [-0.1, -0.05) is 34.4 Å². The Bertz CT molecular complexity index is 824. The number of carboxylic acid groups (broad SMARTS) is 1. The first-order valence-electron chi connectivity index (χ1n) is 15.1. The first-order valence-corrected chi connectivity index (χ1v) is 18.6. The molecule has 0 spiro atoms. The van der Waals surface area contributed by atoms with E-state index in [-0.39, 0.29) is 42.1 Å². The fourth-order valence-electron chi connectivity index (χ4n) is 5.35. The fraction of sp³-hybridized carbons (Fsp3) is 0.857. The van der Waals surface area contributed by atoms with Gasteiger partial charge >= 0.3 is 5.97 Å². The number of hydrogen-bond donors (Lipinski definition) is 7. The highest BCUT2D eigenvalue weighted by Gasteiger charge is 2.42. The first kappa shape index (κ1) is 36.4. The minimum atomic E-state index is -0.883. The van der Waals surface area contributed by atoms with Gasteiger partial charge in [0.05, 0.1) is 6.42 Å². The molecule has 3 amide bonds. The predicted molar refractivity (Wildman–Crippen MR) is 176 cm³/mol. The summed E-state index contributed by atoms with van der Waals surface area (Å²) < 4.78 is 0. The molecular weight excluding hydrogens is 601 g/mol. The quantitative estimate of drug-likeness (QED) is 0.0595. The number of unbranched alkanes of at least 4 members (excludes halogenated alkanes) is 5. The Morgan fingerprint density at radius 1 is 0.829 bits per heavy atom. The second-order valence-electron chi connectivity index (χ2n) is 11.2. The van der Waals surface area contributed by atoms with Gasteiger partial charge in [-0.3, -0.25) is 19.2 Å². The molecule has 6 N–H and O–H groups in total. The highest BCUT2D eigenvalue weighted by molar-refractivity contribution is 8.80. The summed E-state index contributed by atoms with van der Waals surface area (Å²) in [5.74, 6) is 0.0800. The SMILES string of the molecule is NC1CC(NC(=O)[C@H](CCCCNC(=O)CCCCCS)NC(=O)CCCCCS)C(CC(=O)O)CC2SSC2C1. The zero-order valence-electron chi connectivity index (χ0n) is 24.1. The molecule has 1 saturated heterocycles. The molecule has 41 heavy (non-hydrogen) atoms. The van der Waals surface area contributed by atoms with Crippen LogP contribution in [0.25, 0.3) is 0 Å². The van der Waals surface area contributed by atoms with Crippen molar-refractivity contribution in [2.45, 2.75) is 125 Å². The predicted octanol–water partition coefficient (Wildman–Crippen LogP) is 3.96. The van der Waals surface area contributed by atoms with Crippen LogP contribution in [0.1, 0.15) is 96.3 Å². The van der Waals surface area contributed by atoms with Gasteiger partial charge in [0, 0.05) is 42.0 Å². The minimum absolute atomic E-state index is 0.0252. The molecular formula is C28H50N4O5S4. The second-order valence-corrected chi connectivity index (χ2v) is 14.9. The number of carbonyl (C=O) groups excluding carboxylic acids is 3. The monoisotopic (exact) mass is 650 g/mol. The maximum atomic E-state index is 13.6. The lowest BCUT2D eigenvalue weighted by molar-refractivity contribution is -0.139. The van der Waals surface area contributed by atoms with Crippen LogP contribution in [0.15, 0.2) is 0 Å². The minimum Gasteiger partial charge on any atom is -0.481 e. The lowest BCUT2D eigenvalue weighted by Crippen LogP contribution is -2.54. The lowest BCUT2D eigenvalue weighted by Gasteiger charge is -2.43. The van der Waals surface area contributed by atoms with Gasteiger partial charge in [-0.15, -0.1) is 0 Å². The maximum absolute atomic E-state index is 13.6. The highest BCUT2D eigenvalue weighted by atomic mass is 33.1. The van der Waals surface area contributed by atoms with E-state index < -0.39 is 12.0 Å². The lowest BCUT2D eigenvalue weighted by atomic mass is 9.82. The molecule has 0 radical (unpaired) electrons. The van der Waals surface area contributed by atoms with Crippen molar-refractivity contribution >= 4 is 70.5 Å². The maximum Gasteiger partial charge on any atom is 0.303 e. The van der Waals surface area contributed by atoms with Gasteiger partial charge < -0.3 is 26.8 Å². The van der Waals surface area contributed by atoms with Crippen LogP contribution in [0.4, 0.5) is 0 Å². The van der Waals surface area contributed by atoms with Crippen LogP contribution < -0.4 is 21.7 Å². The molecule has 236 valence electrons. The molecule has 1 saturated carbocycles. The zero-order valence-corrected chi connectivity index (χ0v) is 27.5. The fourth-order valence-corrected chi connectivity index (χ4v) is 8.85. The number of nitrogens with two attached hydrogens (primary N) is 1. The summed E-state index contributed by atoms with van der Waals surface area (Å²) in [7, 11) is 3.59. The summed E-state index contributed by atoms with van der Waals surface area (Å²) in [5.41, 5.74) is 6.44. The zero-order chi connectivity index (χ0) is 30.0. The molecule has 1 aliphatic carbocycles. The number of hydrogen-bond acceptors (Lipinski definition) is 9. The van der Waals surface area contributed by atoms with E-state index in [1.807, 2.05) is 10.8 Å². The van der Waals surface area contributed by atoms with Crippen molar-refractivity contribution in [3.05, 3.63) is 0 Å². The Kier molecular flexibility index (Phi) is 18.7. The number of rotatable bonds is 20. The average Bonchev–Trinajstić information content (AvgIpc) is 2.91. The van der Waals surface area contributed by atoms with Crippen molar-refractivity contribution in [3.8, 4) is 0 Å². The van der Waals surface area contributed by atoms with E-state index in [1.54, 1.807) is 10.8 Å². The molecule has 1 aliphatic heterocycles. The number of nitrogens with one attached hydrogen (secondary N) is 3. The van der Waals surface area contributed by atoms with Crippen molar-refractivity contribution in [2.75, 3.05) is 18.1 Å². The number of fused-ring (bicyclic) bond motifs is 1. The molecule has 13 heteroatoms. The smallest absolute Gasteiger partial charge is 0.303 e. The van der Waals surface area contributed by atoms with Gasteiger partial charge in [0.25, 0.3) is 0 Å². The number of carbonyl (C=O) groups is 4. The van der Waals surface area contributed by atoms with Crippen LogP contribution in [0.5, 0.6) is 0 Å². The molecule has 2 fully saturated rings.